The number of carbonyl (C=O) groups excluding carboxylic acids is 1. The van der Waals surface area contributed by atoms with Crippen molar-refractivity contribution in [1.82, 2.24) is 14.8 Å². The van der Waals surface area contributed by atoms with Crippen LogP contribution >= 0.6 is 0 Å². The fraction of sp³-hybridized carbons (Fsp3) is 0.471. The standard InChI is InChI=1S/C17H23N5O/c1-11-5-6-21(17(11)23)16-12(2)7-14(8-19-16)13(3)22-10-15(18-4)9-20-22/h7-11,13,18H,5-6H2,1-4H3/t11-,13?/m1/s1. The van der Waals surface area contributed by atoms with Gasteiger partial charge in [0.25, 0.3) is 0 Å². The molecule has 6 heteroatoms. The summed E-state index contributed by atoms with van der Waals surface area (Å²) in [6.07, 6.45) is 6.53. The molecule has 0 spiro atoms. The number of anilines is 2. The normalized spacial score (nSPS) is 19.2. The molecule has 1 unspecified atom stereocenters. The third-order valence-corrected chi connectivity index (χ3v) is 4.57. The topological polar surface area (TPSA) is 63.1 Å². The summed E-state index contributed by atoms with van der Waals surface area (Å²) in [5.41, 5.74) is 3.09. The molecule has 122 valence electrons. The van der Waals surface area contributed by atoms with E-state index in [0.29, 0.717) is 0 Å². The van der Waals surface area contributed by atoms with Gasteiger partial charge in [-0.1, -0.05) is 6.92 Å². The molecule has 0 saturated carbocycles. The molecule has 0 radical (unpaired) electrons. The van der Waals surface area contributed by atoms with E-state index in [-0.39, 0.29) is 17.9 Å². The number of aromatic nitrogens is 3. The largest absolute Gasteiger partial charge is 0.386 e. The van der Waals surface area contributed by atoms with Gasteiger partial charge in [0.1, 0.15) is 5.82 Å². The Balaban J connectivity index is 1.85. The molecule has 1 amide bonds. The Morgan fingerprint density at radius 3 is 2.74 bits per heavy atom. The molecule has 3 heterocycles. The highest BCUT2D eigenvalue weighted by molar-refractivity contribution is 5.96. The van der Waals surface area contributed by atoms with E-state index in [9.17, 15) is 4.79 Å². The zero-order valence-corrected chi connectivity index (χ0v) is 14.1. The Hall–Kier alpha value is -2.37. The third kappa shape index (κ3) is 2.81. The van der Waals surface area contributed by atoms with Crippen LogP contribution in [0.3, 0.4) is 0 Å². The van der Waals surface area contributed by atoms with E-state index in [4.69, 9.17) is 0 Å². The van der Waals surface area contributed by atoms with Gasteiger partial charge in [0.15, 0.2) is 0 Å². The fourth-order valence-electron chi connectivity index (χ4n) is 2.96. The van der Waals surface area contributed by atoms with Crippen molar-refractivity contribution in [2.45, 2.75) is 33.2 Å². The van der Waals surface area contributed by atoms with Gasteiger partial charge in [-0.05, 0) is 37.5 Å². The first-order chi connectivity index (χ1) is 11.0. The molecule has 2 aromatic heterocycles. The van der Waals surface area contributed by atoms with Crippen molar-refractivity contribution in [3.05, 3.63) is 35.8 Å². The lowest BCUT2D eigenvalue weighted by atomic mass is 10.1. The SMILES string of the molecule is CNc1cnn(C(C)c2cnc(N3CC[C@@H](C)C3=O)c(C)c2)c1. The highest BCUT2D eigenvalue weighted by Gasteiger charge is 2.30. The molecule has 2 aromatic rings. The van der Waals surface area contributed by atoms with Crippen LogP contribution in [0, 0.1) is 12.8 Å². The second-order valence-corrected chi connectivity index (χ2v) is 6.22. The maximum absolute atomic E-state index is 12.2. The number of hydrogen-bond acceptors (Lipinski definition) is 4. The van der Waals surface area contributed by atoms with Gasteiger partial charge in [-0.15, -0.1) is 0 Å². The van der Waals surface area contributed by atoms with E-state index in [1.807, 2.05) is 42.9 Å². The van der Waals surface area contributed by atoms with Crippen molar-refractivity contribution in [3.8, 4) is 0 Å². The van der Waals surface area contributed by atoms with Crippen molar-refractivity contribution in [1.29, 1.82) is 0 Å². The minimum atomic E-state index is 0.0885. The molecule has 3 rings (SSSR count). The average molecular weight is 313 g/mol. The summed E-state index contributed by atoms with van der Waals surface area (Å²) in [6, 6.07) is 2.19. The second-order valence-electron chi connectivity index (χ2n) is 6.22. The molecule has 1 aliphatic heterocycles. The molecule has 23 heavy (non-hydrogen) atoms. The predicted molar refractivity (Wildman–Crippen MR) is 90.7 cm³/mol. The van der Waals surface area contributed by atoms with Crippen LogP contribution in [0.5, 0.6) is 0 Å². The van der Waals surface area contributed by atoms with E-state index in [1.165, 1.54) is 0 Å². The van der Waals surface area contributed by atoms with Gasteiger partial charge >= 0.3 is 0 Å². The first-order valence-corrected chi connectivity index (χ1v) is 8.01. The number of hydrogen-bond donors (Lipinski definition) is 1. The monoisotopic (exact) mass is 313 g/mol. The molecule has 0 bridgehead atoms. The van der Waals surface area contributed by atoms with Gasteiger partial charge in [-0.3, -0.25) is 14.4 Å². The summed E-state index contributed by atoms with van der Waals surface area (Å²) < 4.78 is 1.91. The lowest BCUT2D eigenvalue weighted by Gasteiger charge is -2.20. The van der Waals surface area contributed by atoms with Crippen LogP contribution in [0.4, 0.5) is 11.5 Å². The van der Waals surface area contributed by atoms with Crippen LogP contribution in [0.25, 0.3) is 0 Å². The predicted octanol–water partition coefficient (Wildman–Crippen LogP) is 2.61. The Kier molecular flexibility index (Phi) is 4.07. The van der Waals surface area contributed by atoms with Crippen LogP contribution in [-0.2, 0) is 4.79 Å². The number of rotatable bonds is 4. The van der Waals surface area contributed by atoms with Crippen LogP contribution in [0.2, 0.25) is 0 Å². The molecule has 1 N–H and O–H groups in total. The maximum Gasteiger partial charge on any atom is 0.231 e. The zero-order valence-electron chi connectivity index (χ0n) is 14.1. The Morgan fingerprint density at radius 1 is 1.39 bits per heavy atom. The van der Waals surface area contributed by atoms with Gasteiger partial charge in [0, 0.05) is 31.9 Å². The maximum atomic E-state index is 12.2. The van der Waals surface area contributed by atoms with Gasteiger partial charge in [0.05, 0.1) is 17.9 Å². The number of aryl methyl sites for hydroxylation is 1. The molecular formula is C17H23N5O. The number of nitrogens with zero attached hydrogens (tertiary/aromatic N) is 4. The third-order valence-electron chi connectivity index (χ3n) is 4.57. The number of amides is 1. The van der Waals surface area contributed by atoms with Crippen molar-refractivity contribution in [2.75, 3.05) is 23.8 Å². The number of carbonyl (C=O) groups is 1. The number of nitrogens with one attached hydrogen (secondary N) is 1. The summed E-state index contributed by atoms with van der Waals surface area (Å²) in [4.78, 5) is 18.6. The lowest BCUT2D eigenvalue weighted by molar-refractivity contribution is -0.119. The summed E-state index contributed by atoms with van der Waals surface area (Å²) in [6.45, 7) is 6.83. The highest BCUT2D eigenvalue weighted by Crippen LogP contribution is 2.28. The zero-order chi connectivity index (χ0) is 16.6. The first kappa shape index (κ1) is 15.5. The second kappa shape index (κ2) is 6.02. The summed E-state index contributed by atoms with van der Waals surface area (Å²) in [5.74, 6) is 1.05. The fourth-order valence-corrected chi connectivity index (χ4v) is 2.96. The van der Waals surface area contributed by atoms with E-state index in [0.717, 1.165) is 35.6 Å². The van der Waals surface area contributed by atoms with Crippen LogP contribution < -0.4 is 10.2 Å². The lowest BCUT2D eigenvalue weighted by Crippen LogP contribution is -2.28. The molecule has 6 nitrogen and oxygen atoms in total. The van der Waals surface area contributed by atoms with Crippen LogP contribution in [0.1, 0.15) is 37.4 Å². The molecule has 2 atom stereocenters. The Morgan fingerprint density at radius 2 is 2.17 bits per heavy atom. The van der Waals surface area contributed by atoms with Gasteiger partial charge in [0.2, 0.25) is 5.91 Å². The Labute approximate surface area is 136 Å². The summed E-state index contributed by atoms with van der Waals surface area (Å²) in [5, 5.41) is 7.45. The highest BCUT2D eigenvalue weighted by atomic mass is 16.2. The summed E-state index contributed by atoms with van der Waals surface area (Å²) >= 11 is 0. The quantitative estimate of drug-likeness (QED) is 0.942. The van der Waals surface area contributed by atoms with E-state index < -0.39 is 0 Å². The summed E-state index contributed by atoms with van der Waals surface area (Å²) in [7, 11) is 1.88. The van der Waals surface area contributed by atoms with Crippen molar-refractivity contribution in [2.24, 2.45) is 5.92 Å². The first-order valence-electron chi connectivity index (χ1n) is 8.01. The molecular weight excluding hydrogens is 290 g/mol. The Bertz CT molecular complexity index is 724. The van der Waals surface area contributed by atoms with E-state index in [1.54, 1.807) is 6.20 Å². The van der Waals surface area contributed by atoms with Crippen molar-refractivity contribution < 1.29 is 4.79 Å². The molecule has 1 fully saturated rings. The molecule has 0 aliphatic carbocycles. The molecule has 1 aliphatic rings. The van der Waals surface area contributed by atoms with Crippen LogP contribution in [-0.4, -0.2) is 34.3 Å². The molecule has 1 saturated heterocycles. The minimum absolute atomic E-state index is 0.0885. The van der Waals surface area contributed by atoms with E-state index in [2.05, 4.69) is 28.4 Å². The smallest absolute Gasteiger partial charge is 0.231 e. The van der Waals surface area contributed by atoms with Crippen molar-refractivity contribution in [3.63, 3.8) is 0 Å². The van der Waals surface area contributed by atoms with Gasteiger partial charge in [-0.2, -0.15) is 5.10 Å². The van der Waals surface area contributed by atoms with Crippen LogP contribution in [0.15, 0.2) is 24.7 Å². The van der Waals surface area contributed by atoms with Gasteiger partial charge < -0.3 is 5.32 Å². The van der Waals surface area contributed by atoms with Gasteiger partial charge in [-0.25, -0.2) is 4.98 Å². The molecule has 0 aromatic carbocycles. The van der Waals surface area contributed by atoms with Crippen molar-refractivity contribution >= 4 is 17.4 Å². The number of pyridine rings is 1. The van der Waals surface area contributed by atoms with E-state index >= 15 is 0 Å². The average Bonchev–Trinajstić information content (AvgIpc) is 3.15. The minimum Gasteiger partial charge on any atom is -0.386 e.